The van der Waals surface area contributed by atoms with Crippen LogP contribution >= 0.6 is 0 Å². The highest BCUT2D eigenvalue weighted by atomic mass is 16.6. The van der Waals surface area contributed by atoms with Crippen molar-refractivity contribution >= 4 is 6.09 Å². The van der Waals surface area contributed by atoms with E-state index in [0.717, 1.165) is 12.3 Å². The predicted octanol–water partition coefficient (Wildman–Crippen LogP) is 3.60. The van der Waals surface area contributed by atoms with Crippen LogP contribution in [0.4, 0.5) is 4.79 Å². The minimum atomic E-state index is -0.417. The van der Waals surface area contributed by atoms with Crippen molar-refractivity contribution in [3.8, 4) is 0 Å². The van der Waals surface area contributed by atoms with E-state index in [-0.39, 0.29) is 12.1 Å². The van der Waals surface area contributed by atoms with Crippen molar-refractivity contribution in [2.45, 2.75) is 96.4 Å². The van der Waals surface area contributed by atoms with Crippen LogP contribution in [0, 0.1) is 5.92 Å². The van der Waals surface area contributed by atoms with Crippen molar-refractivity contribution in [3.05, 3.63) is 0 Å². The van der Waals surface area contributed by atoms with E-state index < -0.39 is 5.60 Å². The van der Waals surface area contributed by atoms with E-state index in [2.05, 4.69) is 17.6 Å². The molecule has 1 amide bonds. The fraction of sp³-hybridized carbons (Fsp3) is 0.941. The summed E-state index contributed by atoms with van der Waals surface area (Å²) in [5.74, 6) is 0.947. The molecule has 0 saturated heterocycles. The smallest absolute Gasteiger partial charge is 0.407 e. The maximum atomic E-state index is 11.7. The number of ether oxygens (including phenoxy) is 1. The summed E-state index contributed by atoms with van der Waals surface area (Å²) in [4.78, 5) is 11.7. The van der Waals surface area contributed by atoms with Crippen LogP contribution in [0.15, 0.2) is 0 Å². The van der Waals surface area contributed by atoms with Crippen LogP contribution in [0.3, 0.4) is 0 Å². The van der Waals surface area contributed by atoms with Gasteiger partial charge in [0.25, 0.3) is 0 Å². The van der Waals surface area contributed by atoms with E-state index in [9.17, 15) is 4.79 Å². The Kier molecular flexibility index (Phi) is 5.53. The van der Waals surface area contributed by atoms with Crippen LogP contribution in [0.5, 0.6) is 0 Å². The van der Waals surface area contributed by atoms with Gasteiger partial charge in [0.1, 0.15) is 5.60 Å². The molecule has 4 nitrogen and oxygen atoms in total. The summed E-state index contributed by atoms with van der Waals surface area (Å²) in [6.07, 6.45) is 8.76. The quantitative estimate of drug-likeness (QED) is 0.815. The zero-order valence-corrected chi connectivity index (χ0v) is 14.1. The topological polar surface area (TPSA) is 50.4 Å². The van der Waals surface area contributed by atoms with Crippen LogP contribution in [0.2, 0.25) is 0 Å². The minimum Gasteiger partial charge on any atom is -0.444 e. The summed E-state index contributed by atoms with van der Waals surface area (Å²) >= 11 is 0. The van der Waals surface area contributed by atoms with Crippen LogP contribution < -0.4 is 10.6 Å². The molecule has 2 rings (SSSR count). The van der Waals surface area contributed by atoms with Crippen molar-refractivity contribution in [1.29, 1.82) is 0 Å². The summed E-state index contributed by atoms with van der Waals surface area (Å²) in [5, 5.41) is 6.66. The molecule has 2 saturated carbocycles. The van der Waals surface area contributed by atoms with Gasteiger partial charge in [-0.1, -0.05) is 19.8 Å². The standard InChI is InChI=1S/C17H32N2O2/c1-5-6-12-7-9-13(10-8-12)18-14-11-15(14)19-16(20)21-17(2,3)4/h12-15,18H,5-11H2,1-4H3,(H,19,20). The molecule has 0 aromatic carbocycles. The lowest BCUT2D eigenvalue weighted by Crippen LogP contribution is -2.40. The van der Waals surface area contributed by atoms with Crippen LogP contribution in [0.25, 0.3) is 0 Å². The Balaban J connectivity index is 1.61. The highest BCUT2D eigenvalue weighted by molar-refractivity contribution is 5.68. The van der Waals surface area contributed by atoms with Gasteiger partial charge < -0.3 is 15.4 Å². The maximum absolute atomic E-state index is 11.7. The Morgan fingerprint density at radius 1 is 1.14 bits per heavy atom. The Labute approximate surface area is 129 Å². The van der Waals surface area contributed by atoms with Gasteiger partial charge in [-0.05, 0) is 58.8 Å². The predicted molar refractivity (Wildman–Crippen MR) is 85.4 cm³/mol. The van der Waals surface area contributed by atoms with Gasteiger partial charge in [0.05, 0.1) is 0 Å². The second-order valence-electron chi connectivity index (χ2n) is 7.77. The second-order valence-corrected chi connectivity index (χ2v) is 7.77. The van der Waals surface area contributed by atoms with E-state index in [0.29, 0.717) is 12.1 Å². The molecule has 0 aromatic rings. The Bertz CT molecular complexity index is 343. The molecule has 0 spiro atoms. The normalized spacial score (nSPS) is 32.6. The molecule has 0 radical (unpaired) electrons. The molecule has 0 bridgehead atoms. The van der Waals surface area contributed by atoms with E-state index >= 15 is 0 Å². The lowest BCUT2D eigenvalue weighted by molar-refractivity contribution is 0.0521. The highest BCUT2D eigenvalue weighted by Gasteiger charge is 2.40. The molecule has 2 fully saturated rings. The van der Waals surface area contributed by atoms with Crippen molar-refractivity contribution < 1.29 is 9.53 Å². The van der Waals surface area contributed by atoms with Crippen LogP contribution in [-0.2, 0) is 4.74 Å². The van der Waals surface area contributed by atoms with Gasteiger partial charge in [0.15, 0.2) is 0 Å². The molecule has 2 aliphatic carbocycles. The molecule has 0 heterocycles. The monoisotopic (exact) mass is 296 g/mol. The number of nitrogens with one attached hydrogen (secondary N) is 2. The lowest BCUT2D eigenvalue weighted by atomic mass is 9.83. The first-order valence-corrected chi connectivity index (χ1v) is 8.63. The second kappa shape index (κ2) is 6.99. The molecule has 2 aliphatic rings. The molecule has 2 atom stereocenters. The Morgan fingerprint density at radius 2 is 1.81 bits per heavy atom. The van der Waals surface area contributed by atoms with E-state index in [1.165, 1.54) is 38.5 Å². The van der Waals surface area contributed by atoms with Crippen molar-refractivity contribution in [2.24, 2.45) is 5.92 Å². The van der Waals surface area contributed by atoms with Gasteiger partial charge in [-0.15, -0.1) is 0 Å². The summed E-state index contributed by atoms with van der Waals surface area (Å²) in [6.45, 7) is 7.96. The van der Waals surface area contributed by atoms with Gasteiger partial charge in [-0.2, -0.15) is 0 Å². The first-order valence-electron chi connectivity index (χ1n) is 8.63. The number of alkyl carbamates (subject to hydrolysis) is 1. The summed E-state index contributed by atoms with van der Waals surface area (Å²) in [7, 11) is 0. The fourth-order valence-electron chi connectivity index (χ4n) is 3.33. The lowest BCUT2D eigenvalue weighted by Gasteiger charge is -2.29. The van der Waals surface area contributed by atoms with Crippen molar-refractivity contribution in [3.63, 3.8) is 0 Å². The largest absolute Gasteiger partial charge is 0.444 e. The summed E-state index contributed by atoms with van der Waals surface area (Å²) < 4.78 is 5.29. The highest BCUT2D eigenvalue weighted by Crippen LogP contribution is 2.30. The third-order valence-corrected chi connectivity index (χ3v) is 4.49. The number of carbonyl (C=O) groups excluding carboxylic acids is 1. The molecular weight excluding hydrogens is 264 g/mol. The molecule has 4 heteroatoms. The molecule has 2 N–H and O–H groups in total. The minimum absolute atomic E-state index is 0.258. The first-order chi connectivity index (χ1) is 9.87. The third kappa shape index (κ3) is 5.85. The van der Waals surface area contributed by atoms with E-state index in [1.54, 1.807) is 0 Å². The fourth-order valence-corrected chi connectivity index (χ4v) is 3.33. The molecule has 21 heavy (non-hydrogen) atoms. The molecule has 0 aromatic heterocycles. The average molecular weight is 296 g/mol. The molecule has 2 unspecified atom stereocenters. The number of amides is 1. The first kappa shape index (κ1) is 16.6. The van der Waals surface area contributed by atoms with E-state index in [4.69, 9.17) is 4.74 Å². The van der Waals surface area contributed by atoms with Crippen LogP contribution in [-0.4, -0.2) is 29.8 Å². The SMILES string of the molecule is CCCC1CCC(NC2CC2NC(=O)OC(C)(C)C)CC1. The number of hydrogen-bond donors (Lipinski definition) is 2. The zero-order chi connectivity index (χ0) is 15.5. The molecule has 0 aliphatic heterocycles. The average Bonchev–Trinajstić information content (AvgIpc) is 3.07. The van der Waals surface area contributed by atoms with E-state index in [1.807, 2.05) is 20.8 Å². The van der Waals surface area contributed by atoms with Crippen LogP contribution in [0.1, 0.15) is 72.6 Å². The van der Waals surface area contributed by atoms with Gasteiger partial charge in [0.2, 0.25) is 0 Å². The number of rotatable bonds is 5. The van der Waals surface area contributed by atoms with Crippen molar-refractivity contribution in [2.75, 3.05) is 0 Å². The third-order valence-electron chi connectivity index (χ3n) is 4.49. The van der Waals surface area contributed by atoms with Crippen molar-refractivity contribution in [1.82, 2.24) is 10.6 Å². The summed E-state index contributed by atoms with van der Waals surface area (Å²) in [6, 6.07) is 1.35. The van der Waals surface area contributed by atoms with Gasteiger partial charge in [-0.25, -0.2) is 4.79 Å². The van der Waals surface area contributed by atoms with Gasteiger partial charge in [-0.3, -0.25) is 0 Å². The number of carbonyl (C=O) groups is 1. The van der Waals surface area contributed by atoms with Gasteiger partial charge >= 0.3 is 6.09 Å². The number of hydrogen-bond acceptors (Lipinski definition) is 3. The summed E-state index contributed by atoms with van der Waals surface area (Å²) in [5.41, 5.74) is -0.417. The molecular formula is C17H32N2O2. The maximum Gasteiger partial charge on any atom is 0.407 e. The molecule has 122 valence electrons. The Morgan fingerprint density at radius 3 is 2.38 bits per heavy atom. The van der Waals surface area contributed by atoms with Gasteiger partial charge in [0, 0.05) is 18.1 Å². The zero-order valence-electron chi connectivity index (χ0n) is 14.1. The Hall–Kier alpha value is -0.770.